The smallest absolute Gasteiger partial charge is 0.373 e. The number of para-hydroxylation sites is 1. The van der Waals surface area contributed by atoms with E-state index in [1.165, 1.54) is 11.8 Å². The van der Waals surface area contributed by atoms with Crippen molar-refractivity contribution < 1.29 is 9.90 Å². The van der Waals surface area contributed by atoms with Gasteiger partial charge in [0.05, 0.1) is 5.52 Å². The van der Waals surface area contributed by atoms with E-state index in [0.29, 0.717) is 10.5 Å². The van der Waals surface area contributed by atoms with Crippen LogP contribution in [0.25, 0.3) is 10.9 Å². The summed E-state index contributed by atoms with van der Waals surface area (Å²) in [5.74, 6) is -1.31. The molecule has 0 aliphatic heterocycles. The molecule has 4 nitrogen and oxygen atoms in total. The van der Waals surface area contributed by atoms with Crippen molar-refractivity contribution in [2.24, 2.45) is 0 Å². The van der Waals surface area contributed by atoms with Crippen molar-refractivity contribution in [1.82, 2.24) is 9.97 Å². The number of aromatic nitrogens is 2. The summed E-state index contributed by atoms with van der Waals surface area (Å²) in [7, 11) is 0. The molecule has 3 rings (SSSR count). The van der Waals surface area contributed by atoms with E-state index >= 15 is 0 Å². The monoisotopic (exact) mass is 360 g/mol. The van der Waals surface area contributed by atoms with Gasteiger partial charge in [-0.25, -0.2) is 14.8 Å². The molecule has 0 aliphatic carbocycles. The molecule has 0 aliphatic rings. The van der Waals surface area contributed by atoms with Crippen LogP contribution in [0.15, 0.2) is 62.9 Å². The Morgan fingerprint density at radius 2 is 1.76 bits per heavy atom. The maximum Gasteiger partial charge on any atom is 0.373 e. The number of halogens is 1. The van der Waals surface area contributed by atoms with Crippen LogP contribution in [0.4, 0.5) is 0 Å². The Kier molecular flexibility index (Phi) is 3.90. The first-order valence-corrected chi connectivity index (χ1v) is 7.68. The molecular formula is C15H9BrN2O2S. The summed E-state index contributed by atoms with van der Waals surface area (Å²) < 4.78 is 0.991. The van der Waals surface area contributed by atoms with Crippen molar-refractivity contribution in [3.63, 3.8) is 0 Å². The largest absolute Gasteiger partial charge is 0.475 e. The molecule has 2 aromatic carbocycles. The highest BCUT2D eigenvalue weighted by atomic mass is 79.9. The Labute approximate surface area is 133 Å². The Balaban J connectivity index is 2.11. The highest BCUT2D eigenvalue weighted by Crippen LogP contribution is 2.32. The van der Waals surface area contributed by atoms with Gasteiger partial charge < -0.3 is 5.11 Å². The van der Waals surface area contributed by atoms with Crippen molar-refractivity contribution in [1.29, 1.82) is 0 Å². The van der Waals surface area contributed by atoms with E-state index in [1.807, 2.05) is 42.5 Å². The number of aromatic carboxylic acids is 1. The summed E-state index contributed by atoms with van der Waals surface area (Å²) in [5.41, 5.74) is 0.629. The van der Waals surface area contributed by atoms with Gasteiger partial charge in [0, 0.05) is 14.8 Å². The zero-order valence-corrected chi connectivity index (χ0v) is 13.1. The first-order valence-electron chi connectivity index (χ1n) is 6.07. The minimum Gasteiger partial charge on any atom is -0.475 e. The average molecular weight is 361 g/mol. The zero-order valence-electron chi connectivity index (χ0n) is 10.7. The quantitative estimate of drug-likeness (QED) is 0.707. The van der Waals surface area contributed by atoms with Gasteiger partial charge in [-0.2, -0.15) is 0 Å². The van der Waals surface area contributed by atoms with Crippen molar-refractivity contribution in [3.8, 4) is 0 Å². The van der Waals surface area contributed by atoms with Gasteiger partial charge >= 0.3 is 5.97 Å². The molecule has 3 aromatic rings. The number of fused-ring (bicyclic) bond motifs is 1. The van der Waals surface area contributed by atoms with E-state index in [1.54, 1.807) is 6.07 Å². The van der Waals surface area contributed by atoms with E-state index in [0.717, 1.165) is 14.8 Å². The lowest BCUT2D eigenvalue weighted by Crippen LogP contribution is -2.05. The van der Waals surface area contributed by atoms with Gasteiger partial charge in [-0.1, -0.05) is 45.9 Å². The molecule has 21 heavy (non-hydrogen) atoms. The molecule has 1 heterocycles. The number of nitrogens with zero attached hydrogens (tertiary/aromatic N) is 2. The van der Waals surface area contributed by atoms with Gasteiger partial charge in [-0.15, -0.1) is 0 Å². The predicted octanol–water partition coefficient (Wildman–Crippen LogP) is 4.24. The molecule has 0 unspecified atom stereocenters. The molecule has 1 aromatic heterocycles. The van der Waals surface area contributed by atoms with E-state index in [-0.39, 0.29) is 5.82 Å². The number of benzene rings is 2. The lowest BCUT2D eigenvalue weighted by Gasteiger charge is -2.06. The van der Waals surface area contributed by atoms with Crippen LogP contribution in [0.3, 0.4) is 0 Å². The second-order valence-corrected chi connectivity index (χ2v) is 6.21. The molecule has 0 atom stereocenters. The molecule has 0 spiro atoms. The number of carboxylic acid groups (broad SMARTS) is 1. The van der Waals surface area contributed by atoms with Crippen molar-refractivity contribution >= 4 is 44.6 Å². The highest BCUT2D eigenvalue weighted by molar-refractivity contribution is 9.10. The maximum absolute atomic E-state index is 11.2. The lowest BCUT2D eigenvalue weighted by atomic mass is 10.2. The lowest BCUT2D eigenvalue weighted by molar-refractivity contribution is 0.0683. The normalized spacial score (nSPS) is 10.7. The van der Waals surface area contributed by atoms with Gasteiger partial charge in [0.2, 0.25) is 5.82 Å². The molecule has 1 N–H and O–H groups in total. The summed E-state index contributed by atoms with van der Waals surface area (Å²) >= 11 is 4.81. The summed E-state index contributed by atoms with van der Waals surface area (Å²) in [5, 5.41) is 10.6. The summed E-state index contributed by atoms with van der Waals surface area (Å²) in [6, 6.07) is 15.2. The Morgan fingerprint density at radius 1 is 1.05 bits per heavy atom. The summed E-state index contributed by atoms with van der Waals surface area (Å²) in [6.07, 6.45) is 0. The van der Waals surface area contributed by atoms with Crippen LogP contribution >= 0.6 is 27.7 Å². The third-order valence-electron chi connectivity index (χ3n) is 2.79. The number of rotatable bonds is 3. The molecular weight excluding hydrogens is 352 g/mol. The SMILES string of the molecule is O=C(O)c1nc(Sc2ccc(Br)cc2)c2ccccc2n1. The molecule has 0 radical (unpaired) electrons. The zero-order chi connectivity index (χ0) is 14.8. The maximum atomic E-state index is 11.2. The van der Waals surface area contributed by atoms with Crippen LogP contribution in [-0.2, 0) is 0 Å². The fourth-order valence-corrected chi connectivity index (χ4v) is 3.01. The van der Waals surface area contributed by atoms with Gasteiger partial charge in [-0.05, 0) is 30.3 Å². The third-order valence-corrected chi connectivity index (χ3v) is 4.33. The predicted molar refractivity (Wildman–Crippen MR) is 84.8 cm³/mol. The van der Waals surface area contributed by atoms with Crippen molar-refractivity contribution in [2.75, 3.05) is 0 Å². The Bertz CT molecular complexity index is 822. The minimum absolute atomic E-state index is 0.187. The number of hydrogen-bond acceptors (Lipinski definition) is 4. The number of carboxylic acids is 1. The first-order chi connectivity index (χ1) is 10.1. The average Bonchev–Trinajstić information content (AvgIpc) is 2.49. The van der Waals surface area contributed by atoms with Gasteiger partial charge in [-0.3, -0.25) is 0 Å². The Morgan fingerprint density at radius 3 is 2.48 bits per heavy atom. The van der Waals surface area contributed by atoms with Crippen molar-refractivity contribution in [3.05, 3.63) is 58.8 Å². The minimum atomic E-state index is -1.13. The second kappa shape index (κ2) is 5.83. The number of hydrogen-bond donors (Lipinski definition) is 1. The molecule has 0 amide bonds. The molecule has 104 valence electrons. The summed E-state index contributed by atoms with van der Waals surface area (Å²) in [4.78, 5) is 20.4. The van der Waals surface area contributed by atoms with Crippen LogP contribution in [-0.4, -0.2) is 21.0 Å². The van der Waals surface area contributed by atoms with E-state index < -0.39 is 5.97 Å². The molecule has 0 saturated heterocycles. The topological polar surface area (TPSA) is 63.1 Å². The number of carbonyl (C=O) groups is 1. The van der Waals surface area contributed by atoms with Gasteiger partial charge in [0.1, 0.15) is 5.03 Å². The van der Waals surface area contributed by atoms with Crippen LogP contribution in [0.5, 0.6) is 0 Å². The van der Waals surface area contributed by atoms with Gasteiger partial charge in [0.25, 0.3) is 0 Å². The van der Waals surface area contributed by atoms with Crippen molar-refractivity contribution in [2.45, 2.75) is 9.92 Å². The standard InChI is InChI=1S/C15H9BrN2O2S/c16-9-5-7-10(8-6-9)21-14-11-3-1-2-4-12(11)17-13(18-14)15(19)20/h1-8H,(H,19,20). The van der Waals surface area contributed by atoms with E-state index in [9.17, 15) is 4.79 Å². The summed E-state index contributed by atoms with van der Waals surface area (Å²) in [6.45, 7) is 0. The van der Waals surface area contributed by atoms with Crippen LogP contribution in [0, 0.1) is 0 Å². The molecule has 6 heteroatoms. The van der Waals surface area contributed by atoms with E-state index in [4.69, 9.17) is 5.11 Å². The highest BCUT2D eigenvalue weighted by Gasteiger charge is 2.13. The van der Waals surface area contributed by atoms with Crippen LogP contribution < -0.4 is 0 Å². The fraction of sp³-hybridized carbons (Fsp3) is 0. The first kappa shape index (κ1) is 14.0. The Hall–Kier alpha value is -1.92. The van der Waals surface area contributed by atoms with Gasteiger partial charge in [0.15, 0.2) is 0 Å². The van der Waals surface area contributed by atoms with Crippen LogP contribution in [0.1, 0.15) is 10.6 Å². The van der Waals surface area contributed by atoms with Crippen LogP contribution in [0.2, 0.25) is 0 Å². The third kappa shape index (κ3) is 3.06. The van der Waals surface area contributed by atoms with E-state index in [2.05, 4.69) is 25.9 Å². The molecule has 0 bridgehead atoms. The molecule has 0 fully saturated rings. The fourth-order valence-electron chi connectivity index (χ4n) is 1.84. The second-order valence-electron chi connectivity index (χ2n) is 4.23. The molecule has 0 saturated carbocycles.